The lowest BCUT2D eigenvalue weighted by molar-refractivity contribution is 0.206. The van der Waals surface area contributed by atoms with Gasteiger partial charge in [0, 0.05) is 43.5 Å². The molecule has 3 nitrogen and oxygen atoms in total. The molecule has 1 aromatic rings. The van der Waals surface area contributed by atoms with Crippen molar-refractivity contribution in [2.45, 2.75) is 6.54 Å². The number of nitrogens with zero attached hydrogens (tertiary/aromatic N) is 1. The summed E-state index contributed by atoms with van der Waals surface area (Å²) in [5, 5.41) is 3.94. The molecule has 0 bridgehead atoms. The van der Waals surface area contributed by atoms with Crippen LogP contribution in [0.1, 0.15) is 5.56 Å². The molecule has 0 saturated carbocycles. The maximum Gasteiger partial charge on any atom is 0.0637 e. The van der Waals surface area contributed by atoms with Gasteiger partial charge >= 0.3 is 0 Å². The van der Waals surface area contributed by atoms with E-state index in [2.05, 4.69) is 16.3 Å². The van der Waals surface area contributed by atoms with Gasteiger partial charge in [0.25, 0.3) is 0 Å². The summed E-state index contributed by atoms with van der Waals surface area (Å²) < 4.78 is 5.07. The van der Waals surface area contributed by atoms with Crippen molar-refractivity contribution in [3.8, 4) is 0 Å². The number of anilines is 1. The van der Waals surface area contributed by atoms with E-state index < -0.39 is 0 Å². The molecule has 4 heteroatoms. The molecule has 0 aliphatic carbocycles. The van der Waals surface area contributed by atoms with E-state index in [0.717, 1.165) is 29.4 Å². The summed E-state index contributed by atoms with van der Waals surface area (Å²) in [6.45, 7) is 2.34. The largest absolute Gasteiger partial charge is 0.383 e. The van der Waals surface area contributed by atoms with Crippen molar-refractivity contribution in [2.75, 3.05) is 39.3 Å². The van der Waals surface area contributed by atoms with Crippen LogP contribution in [-0.2, 0) is 11.3 Å². The highest BCUT2D eigenvalue weighted by atomic mass is 35.5. The van der Waals surface area contributed by atoms with Crippen LogP contribution in [0.5, 0.6) is 0 Å². The number of hydrogen-bond donors (Lipinski definition) is 1. The van der Waals surface area contributed by atoms with Crippen molar-refractivity contribution in [1.82, 2.24) is 5.32 Å². The number of ether oxygens (including phenoxy) is 1. The molecule has 0 fully saturated rings. The molecular formula is C12H19ClN2O. The summed E-state index contributed by atoms with van der Waals surface area (Å²) in [5.41, 5.74) is 2.28. The minimum absolute atomic E-state index is 0.710. The summed E-state index contributed by atoms with van der Waals surface area (Å²) in [7, 11) is 5.67. The molecule has 16 heavy (non-hydrogen) atoms. The third-order valence-electron chi connectivity index (χ3n) is 2.49. The number of rotatable bonds is 6. The summed E-state index contributed by atoms with van der Waals surface area (Å²) in [5.74, 6) is 0. The highest BCUT2D eigenvalue weighted by Crippen LogP contribution is 2.26. The lowest BCUT2D eigenvalue weighted by Gasteiger charge is -2.22. The summed E-state index contributed by atoms with van der Waals surface area (Å²) in [6.07, 6.45) is 0. The molecule has 0 radical (unpaired) electrons. The average Bonchev–Trinajstić information content (AvgIpc) is 2.29. The van der Waals surface area contributed by atoms with E-state index >= 15 is 0 Å². The van der Waals surface area contributed by atoms with E-state index in [1.54, 1.807) is 7.11 Å². The van der Waals surface area contributed by atoms with Gasteiger partial charge in [-0.2, -0.15) is 0 Å². The van der Waals surface area contributed by atoms with E-state index in [9.17, 15) is 0 Å². The van der Waals surface area contributed by atoms with Gasteiger partial charge in [0.05, 0.1) is 6.61 Å². The van der Waals surface area contributed by atoms with E-state index in [1.807, 2.05) is 26.2 Å². The number of hydrogen-bond acceptors (Lipinski definition) is 3. The summed E-state index contributed by atoms with van der Waals surface area (Å²) in [4.78, 5) is 2.15. The van der Waals surface area contributed by atoms with Crippen LogP contribution < -0.4 is 10.2 Å². The van der Waals surface area contributed by atoms with Gasteiger partial charge in [0.2, 0.25) is 0 Å². The van der Waals surface area contributed by atoms with E-state index in [0.29, 0.717) is 6.61 Å². The molecule has 0 amide bonds. The first kappa shape index (κ1) is 13.3. The molecule has 0 aromatic heterocycles. The molecule has 0 spiro atoms. The van der Waals surface area contributed by atoms with Crippen LogP contribution in [0.3, 0.4) is 0 Å². The minimum Gasteiger partial charge on any atom is -0.383 e. The predicted molar refractivity (Wildman–Crippen MR) is 69.4 cm³/mol. The normalized spacial score (nSPS) is 10.5. The zero-order valence-electron chi connectivity index (χ0n) is 10.1. The molecule has 90 valence electrons. The van der Waals surface area contributed by atoms with Gasteiger partial charge in [0.1, 0.15) is 0 Å². The molecule has 1 N–H and O–H groups in total. The number of likely N-dealkylation sites (N-methyl/N-ethyl adjacent to an activating group) is 1. The number of nitrogens with one attached hydrogen (secondary N) is 1. The third-order valence-corrected chi connectivity index (χ3v) is 2.84. The van der Waals surface area contributed by atoms with Crippen LogP contribution in [0, 0.1) is 0 Å². The zero-order chi connectivity index (χ0) is 12.0. The Morgan fingerprint density at radius 2 is 2.19 bits per heavy atom. The first-order valence-electron chi connectivity index (χ1n) is 5.32. The topological polar surface area (TPSA) is 24.5 Å². The molecular weight excluding hydrogens is 224 g/mol. The zero-order valence-corrected chi connectivity index (χ0v) is 10.8. The number of benzene rings is 1. The standard InChI is InChI=1S/C12H19ClN2O/c1-14-9-10-11(13)5-4-6-12(10)15(2)7-8-16-3/h4-6,14H,7-9H2,1-3H3. The Balaban J connectivity index is 2.88. The van der Waals surface area contributed by atoms with Crippen LogP contribution in [0.4, 0.5) is 5.69 Å². The van der Waals surface area contributed by atoms with Gasteiger partial charge in [-0.3, -0.25) is 0 Å². The lowest BCUT2D eigenvalue weighted by Crippen LogP contribution is -2.24. The summed E-state index contributed by atoms with van der Waals surface area (Å²) in [6, 6.07) is 5.97. The molecule has 0 heterocycles. The first-order valence-corrected chi connectivity index (χ1v) is 5.70. The fraction of sp³-hybridized carbons (Fsp3) is 0.500. The smallest absolute Gasteiger partial charge is 0.0637 e. The van der Waals surface area contributed by atoms with Crippen molar-refractivity contribution in [2.24, 2.45) is 0 Å². The molecule has 0 saturated heterocycles. The highest BCUT2D eigenvalue weighted by molar-refractivity contribution is 6.31. The molecule has 1 aromatic carbocycles. The van der Waals surface area contributed by atoms with Gasteiger partial charge in [-0.25, -0.2) is 0 Å². The van der Waals surface area contributed by atoms with Gasteiger partial charge in [-0.05, 0) is 19.2 Å². The lowest BCUT2D eigenvalue weighted by atomic mass is 10.1. The van der Waals surface area contributed by atoms with Crippen molar-refractivity contribution in [3.05, 3.63) is 28.8 Å². The Bertz CT molecular complexity index is 331. The van der Waals surface area contributed by atoms with Crippen molar-refractivity contribution in [1.29, 1.82) is 0 Å². The molecule has 1 rings (SSSR count). The van der Waals surface area contributed by atoms with Crippen LogP contribution in [0.15, 0.2) is 18.2 Å². The number of halogens is 1. The first-order chi connectivity index (χ1) is 7.70. The van der Waals surface area contributed by atoms with Crippen LogP contribution >= 0.6 is 11.6 Å². The van der Waals surface area contributed by atoms with Gasteiger partial charge in [-0.1, -0.05) is 17.7 Å². The monoisotopic (exact) mass is 242 g/mol. The SMILES string of the molecule is CNCc1c(Cl)cccc1N(C)CCOC. The average molecular weight is 243 g/mol. The quantitative estimate of drug-likeness (QED) is 0.827. The second-order valence-electron chi connectivity index (χ2n) is 3.68. The Labute approximate surface area is 102 Å². The maximum atomic E-state index is 6.19. The Morgan fingerprint density at radius 3 is 2.81 bits per heavy atom. The third kappa shape index (κ3) is 3.37. The fourth-order valence-electron chi connectivity index (χ4n) is 1.61. The van der Waals surface area contributed by atoms with Crippen LogP contribution in [0.25, 0.3) is 0 Å². The highest BCUT2D eigenvalue weighted by Gasteiger charge is 2.09. The van der Waals surface area contributed by atoms with Crippen molar-refractivity contribution >= 4 is 17.3 Å². The second-order valence-corrected chi connectivity index (χ2v) is 4.09. The van der Waals surface area contributed by atoms with Gasteiger partial charge < -0.3 is 15.0 Å². The second kappa shape index (κ2) is 6.74. The van der Waals surface area contributed by atoms with Crippen LogP contribution in [-0.4, -0.2) is 34.4 Å². The molecule has 0 unspecified atom stereocenters. The maximum absolute atomic E-state index is 6.19. The predicted octanol–water partition coefficient (Wildman–Crippen LogP) is 2.14. The molecule has 0 aliphatic heterocycles. The Kier molecular flexibility index (Phi) is 5.60. The Hall–Kier alpha value is -0.770. The molecule has 0 aliphatic rings. The number of methoxy groups -OCH3 is 1. The minimum atomic E-state index is 0.710. The Morgan fingerprint density at radius 1 is 1.44 bits per heavy atom. The van der Waals surface area contributed by atoms with Crippen molar-refractivity contribution < 1.29 is 4.74 Å². The van der Waals surface area contributed by atoms with E-state index in [4.69, 9.17) is 16.3 Å². The van der Waals surface area contributed by atoms with E-state index in [-0.39, 0.29) is 0 Å². The van der Waals surface area contributed by atoms with Crippen LogP contribution in [0.2, 0.25) is 5.02 Å². The fourth-order valence-corrected chi connectivity index (χ4v) is 1.84. The summed E-state index contributed by atoms with van der Waals surface area (Å²) >= 11 is 6.19. The van der Waals surface area contributed by atoms with Crippen molar-refractivity contribution in [3.63, 3.8) is 0 Å². The van der Waals surface area contributed by atoms with Gasteiger partial charge in [0.15, 0.2) is 0 Å². The molecule has 0 atom stereocenters. The van der Waals surface area contributed by atoms with Gasteiger partial charge in [-0.15, -0.1) is 0 Å². The van der Waals surface area contributed by atoms with E-state index in [1.165, 1.54) is 0 Å².